The minimum absolute atomic E-state index is 0.0619. The number of rotatable bonds is 8. The Hall–Kier alpha value is -4.20. The minimum atomic E-state index is -0.861. The molecule has 2 heterocycles. The number of esters is 1. The number of hydrogen-bond donors (Lipinski definition) is 1. The van der Waals surface area contributed by atoms with E-state index in [1.54, 1.807) is 24.0 Å². The van der Waals surface area contributed by atoms with E-state index in [-0.39, 0.29) is 25.4 Å². The van der Waals surface area contributed by atoms with Crippen molar-refractivity contribution in [2.24, 2.45) is 4.99 Å². The van der Waals surface area contributed by atoms with Crippen molar-refractivity contribution in [3.8, 4) is 6.07 Å². The molecule has 11 heteroatoms. The summed E-state index contributed by atoms with van der Waals surface area (Å²) in [4.78, 5) is 55.2. The largest absolute Gasteiger partial charge is 0.439 e. The number of ether oxygens (including phenoxy) is 1. The lowest BCUT2D eigenvalue weighted by molar-refractivity contribution is -0.145. The Morgan fingerprint density at radius 1 is 1.35 bits per heavy atom. The van der Waals surface area contributed by atoms with Crippen LogP contribution in [0.2, 0.25) is 0 Å². The summed E-state index contributed by atoms with van der Waals surface area (Å²) in [5, 5.41) is 12.1. The van der Waals surface area contributed by atoms with Crippen molar-refractivity contribution in [1.29, 1.82) is 5.26 Å². The lowest BCUT2D eigenvalue weighted by Gasteiger charge is -2.16. The van der Waals surface area contributed by atoms with Gasteiger partial charge in [0.1, 0.15) is 6.07 Å². The normalized spacial score (nSPS) is 17.1. The summed E-state index contributed by atoms with van der Waals surface area (Å²) in [6, 6.07) is 6.17. The molecular weight excluding hydrogens is 440 g/mol. The molecule has 1 aromatic heterocycles. The molecule has 1 saturated heterocycles. The van der Waals surface area contributed by atoms with Crippen molar-refractivity contribution in [1.82, 2.24) is 14.5 Å². The molecule has 1 amide bonds. The average molecular weight is 466 g/mol. The van der Waals surface area contributed by atoms with Crippen molar-refractivity contribution >= 4 is 24.3 Å². The van der Waals surface area contributed by atoms with Gasteiger partial charge < -0.3 is 15.0 Å². The summed E-state index contributed by atoms with van der Waals surface area (Å²) in [6.45, 7) is 5.19. The highest BCUT2D eigenvalue weighted by Crippen LogP contribution is 2.25. The standard InChI is InChI=1S/C23H26N6O5/c1-14-13-29(19-11-17(25-2)22(32)34-19)23(33)28(21(14)31)9-5-8-26-20(30)15-6-7-18(27(3)4)16(10-15)12-24/h6-7,10,13,17,19H,2,5,8-9,11H2,1,3-4H3,(H,26,30)/t17?,19-/m1/s1. The molecule has 1 fully saturated rings. The zero-order chi connectivity index (χ0) is 25.0. The van der Waals surface area contributed by atoms with E-state index in [0.717, 1.165) is 4.57 Å². The molecule has 0 saturated carbocycles. The van der Waals surface area contributed by atoms with Gasteiger partial charge in [-0.2, -0.15) is 5.26 Å². The third kappa shape index (κ3) is 4.91. The van der Waals surface area contributed by atoms with Crippen LogP contribution in [0.1, 0.15) is 40.6 Å². The van der Waals surface area contributed by atoms with Crippen molar-refractivity contribution < 1.29 is 14.3 Å². The monoisotopic (exact) mass is 466 g/mol. The third-order valence-electron chi connectivity index (χ3n) is 5.55. The van der Waals surface area contributed by atoms with Crippen molar-refractivity contribution in [3.63, 3.8) is 0 Å². The molecule has 3 rings (SSSR count). The number of aliphatic imine (C=N–C) groups is 1. The van der Waals surface area contributed by atoms with Gasteiger partial charge in [0, 0.05) is 50.9 Å². The predicted molar refractivity (Wildman–Crippen MR) is 125 cm³/mol. The minimum Gasteiger partial charge on any atom is -0.439 e. The van der Waals surface area contributed by atoms with Gasteiger partial charge in [-0.05, 0) is 38.3 Å². The number of nitrogens with zero attached hydrogens (tertiary/aromatic N) is 5. The number of carbonyl (C=O) groups is 2. The van der Waals surface area contributed by atoms with E-state index >= 15 is 0 Å². The summed E-state index contributed by atoms with van der Waals surface area (Å²) >= 11 is 0. The molecule has 178 valence electrons. The number of amides is 1. The Morgan fingerprint density at radius 3 is 2.71 bits per heavy atom. The van der Waals surface area contributed by atoms with E-state index in [1.165, 1.54) is 16.8 Å². The molecule has 34 heavy (non-hydrogen) atoms. The number of anilines is 1. The maximum Gasteiger partial charge on any atom is 0.333 e. The summed E-state index contributed by atoms with van der Waals surface area (Å²) in [5.41, 5.74) is 0.685. The second-order valence-electron chi connectivity index (χ2n) is 8.13. The molecule has 2 atom stereocenters. The first-order valence-corrected chi connectivity index (χ1v) is 10.7. The Balaban J connectivity index is 1.68. The summed E-state index contributed by atoms with van der Waals surface area (Å²) in [5.74, 6) is -0.931. The van der Waals surface area contributed by atoms with Gasteiger partial charge in [0.25, 0.3) is 11.5 Å². The van der Waals surface area contributed by atoms with Gasteiger partial charge in [0.2, 0.25) is 0 Å². The Bertz CT molecular complexity index is 1290. The van der Waals surface area contributed by atoms with Crippen LogP contribution in [0.4, 0.5) is 5.69 Å². The van der Waals surface area contributed by atoms with Gasteiger partial charge in [0.15, 0.2) is 12.3 Å². The smallest absolute Gasteiger partial charge is 0.333 e. The number of hydrogen-bond acceptors (Lipinski definition) is 8. The lowest BCUT2D eigenvalue weighted by atomic mass is 10.1. The first-order valence-electron chi connectivity index (χ1n) is 10.7. The van der Waals surface area contributed by atoms with E-state index in [4.69, 9.17) is 4.74 Å². The highest BCUT2D eigenvalue weighted by molar-refractivity contribution is 5.95. The SMILES string of the molecule is C=NC1C[C@H](n2cc(C)c(=O)n(CCCNC(=O)c3ccc(N(C)C)c(C#N)c3)c2=O)OC1=O. The molecule has 0 aliphatic carbocycles. The van der Waals surface area contributed by atoms with Crippen LogP contribution >= 0.6 is 0 Å². The van der Waals surface area contributed by atoms with E-state index in [1.807, 2.05) is 14.1 Å². The zero-order valence-electron chi connectivity index (χ0n) is 19.3. The highest BCUT2D eigenvalue weighted by Gasteiger charge is 2.35. The maximum absolute atomic E-state index is 12.9. The van der Waals surface area contributed by atoms with Gasteiger partial charge in [-0.25, -0.2) is 9.59 Å². The van der Waals surface area contributed by atoms with Crippen LogP contribution in [0.5, 0.6) is 0 Å². The van der Waals surface area contributed by atoms with Crippen molar-refractivity contribution in [2.75, 3.05) is 25.5 Å². The molecule has 1 aliphatic rings. The van der Waals surface area contributed by atoms with Crippen LogP contribution < -0.4 is 21.5 Å². The topological polar surface area (TPSA) is 139 Å². The maximum atomic E-state index is 12.9. The first-order chi connectivity index (χ1) is 16.2. The second-order valence-corrected chi connectivity index (χ2v) is 8.13. The van der Waals surface area contributed by atoms with Crippen molar-refractivity contribution in [2.45, 2.75) is 38.6 Å². The highest BCUT2D eigenvalue weighted by atomic mass is 16.6. The molecule has 2 aromatic rings. The number of aryl methyl sites for hydroxylation is 1. The van der Waals surface area contributed by atoms with Crippen LogP contribution in [-0.2, 0) is 16.1 Å². The molecule has 1 aliphatic heterocycles. The molecule has 11 nitrogen and oxygen atoms in total. The molecule has 1 N–H and O–H groups in total. The quantitative estimate of drug-likeness (QED) is 0.341. The fourth-order valence-corrected chi connectivity index (χ4v) is 3.73. The fraction of sp³-hybridized carbons (Fsp3) is 0.391. The van der Waals surface area contributed by atoms with E-state index < -0.39 is 29.5 Å². The summed E-state index contributed by atoms with van der Waals surface area (Å²) in [7, 11) is 3.62. The predicted octanol–water partition coefficient (Wildman–Crippen LogP) is 0.591. The third-order valence-corrected chi connectivity index (χ3v) is 5.55. The number of nitrogens with one attached hydrogen (secondary N) is 1. The van der Waals surface area contributed by atoms with Crippen LogP contribution in [-0.4, -0.2) is 54.4 Å². The first kappa shape index (κ1) is 24.4. The van der Waals surface area contributed by atoms with Gasteiger partial charge >= 0.3 is 11.7 Å². The number of benzene rings is 1. The average Bonchev–Trinajstić information content (AvgIpc) is 3.20. The number of cyclic esters (lactones) is 1. The van der Waals surface area contributed by atoms with Crippen LogP contribution in [0.25, 0.3) is 0 Å². The number of carbonyl (C=O) groups excluding carboxylic acids is 2. The van der Waals surface area contributed by atoms with E-state index in [0.29, 0.717) is 28.8 Å². The Morgan fingerprint density at radius 2 is 2.09 bits per heavy atom. The Kier molecular flexibility index (Phi) is 7.31. The van der Waals surface area contributed by atoms with Crippen LogP contribution in [0.15, 0.2) is 39.0 Å². The second kappa shape index (κ2) is 10.2. The zero-order valence-corrected chi connectivity index (χ0v) is 19.3. The van der Waals surface area contributed by atoms with Crippen molar-refractivity contribution in [3.05, 3.63) is 61.9 Å². The lowest BCUT2D eigenvalue weighted by Crippen LogP contribution is -2.42. The molecule has 0 radical (unpaired) electrons. The number of aromatic nitrogens is 2. The molecule has 1 aromatic carbocycles. The van der Waals surface area contributed by atoms with E-state index in [2.05, 4.69) is 23.1 Å². The number of nitriles is 1. The molecule has 1 unspecified atom stereocenters. The van der Waals surface area contributed by atoms with Crippen LogP contribution in [0.3, 0.4) is 0 Å². The van der Waals surface area contributed by atoms with Crippen LogP contribution in [0, 0.1) is 18.3 Å². The summed E-state index contributed by atoms with van der Waals surface area (Å²) in [6.07, 6.45) is 0.983. The summed E-state index contributed by atoms with van der Waals surface area (Å²) < 4.78 is 7.50. The molecule has 0 bridgehead atoms. The van der Waals surface area contributed by atoms with Gasteiger partial charge in [-0.1, -0.05) is 0 Å². The molecule has 0 spiro atoms. The van der Waals surface area contributed by atoms with Gasteiger partial charge in [-0.3, -0.25) is 23.7 Å². The Labute approximate surface area is 195 Å². The van der Waals surface area contributed by atoms with Gasteiger partial charge in [0.05, 0.1) is 11.3 Å². The molecular formula is C23H26N6O5. The van der Waals surface area contributed by atoms with Gasteiger partial charge in [-0.15, -0.1) is 0 Å². The van der Waals surface area contributed by atoms with E-state index in [9.17, 15) is 24.4 Å². The fourth-order valence-electron chi connectivity index (χ4n) is 3.73.